The zero-order valence-electron chi connectivity index (χ0n) is 30.6. The summed E-state index contributed by atoms with van der Waals surface area (Å²) in [6.45, 7) is 25.9. The van der Waals surface area contributed by atoms with Crippen LogP contribution in [0.25, 0.3) is 6.08 Å². The summed E-state index contributed by atoms with van der Waals surface area (Å²) in [4.78, 5) is 12.4. The minimum absolute atomic E-state index is 0.0605. The first-order chi connectivity index (χ1) is 21.0. The summed E-state index contributed by atoms with van der Waals surface area (Å²) in [5.74, 6) is -1.33. The molecule has 1 aromatic carbocycles. The van der Waals surface area contributed by atoms with Crippen molar-refractivity contribution in [3.8, 4) is 5.75 Å². The molecule has 9 nitrogen and oxygen atoms in total. The monoisotopic (exact) mass is 662 g/mol. The Bertz CT molecular complexity index is 1280. The fraction of sp³-hybridized carbons (Fsp3) is 0.750. The predicted octanol–water partition coefficient (Wildman–Crippen LogP) is 7.52. The van der Waals surface area contributed by atoms with Crippen molar-refractivity contribution in [3.05, 3.63) is 35.4 Å². The number of hydrogen-bond acceptors (Lipinski definition) is 9. The lowest BCUT2D eigenvalue weighted by atomic mass is 9.74. The smallest absolute Gasteiger partial charge is 0.337 e. The normalized spacial score (nSPS) is 29.0. The molecule has 0 saturated carbocycles. The van der Waals surface area contributed by atoms with Crippen LogP contribution in [0.2, 0.25) is 18.1 Å². The fourth-order valence-corrected chi connectivity index (χ4v) is 7.57. The van der Waals surface area contributed by atoms with Crippen molar-refractivity contribution in [2.24, 2.45) is 5.41 Å². The molecule has 1 unspecified atom stereocenters. The van der Waals surface area contributed by atoms with E-state index < -0.39 is 49.6 Å². The highest BCUT2D eigenvalue weighted by Gasteiger charge is 2.58. The summed E-state index contributed by atoms with van der Waals surface area (Å²) in [6, 6.07) is 5.29. The summed E-state index contributed by atoms with van der Waals surface area (Å²) in [5.41, 5.74) is 0.491. The molecule has 3 heterocycles. The lowest BCUT2D eigenvalue weighted by molar-refractivity contribution is -0.175. The second kappa shape index (κ2) is 12.9. The van der Waals surface area contributed by atoms with E-state index in [2.05, 4.69) is 60.7 Å². The van der Waals surface area contributed by atoms with E-state index in [1.165, 1.54) is 7.11 Å². The van der Waals surface area contributed by atoms with Gasteiger partial charge in [0, 0.05) is 11.0 Å². The van der Waals surface area contributed by atoms with Crippen molar-refractivity contribution in [1.29, 1.82) is 0 Å². The van der Waals surface area contributed by atoms with Crippen LogP contribution >= 0.6 is 0 Å². The molecule has 46 heavy (non-hydrogen) atoms. The highest BCUT2D eigenvalue weighted by molar-refractivity contribution is 6.74. The number of carbonyl (C=O) groups excluding carboxylic acids is 1. The molecule has 1 aromatic rings. The molecule has 0 N–H and O–H groups in total. The minimum Gasteiger partial charge on any atom is -0.496 e. The topological polar surface area (TPSA) is 94.2 Å². The van der Waals surface area contributed by atoms with Gasteiger partial charge in [-0.2, -0.15) is 0 Å². The quantitative estimate of drug-likeness (QED) is 0.128. The van der Waals surface area contributed by atoms with Gasteiger partial charge in [0.1, 0.15) is 24.1 Å². The molecular formula is C36H58O9Si. The first kappa shape index (κ1) is 37.0. The van der Waals surface area contributed by atoms with Gasteiger partial charge < -0.3 is 37.6 Å². The SMILES string of the molecule is COC(=O)c1ccc(OC)c(/C=C/[C@](C)(CCC2OC2(C)C)[C@H](O[Si](C)(C)C(C)(C)C)[C@@H]2OC(C)(C)O[C@H]2[C@H]2COC(C)(C)O2)c1. The average molecular weight is 663 g/mol. The van der Waals surface area contributed by atoms with E-state index in [4.69, 9.17) is 37.6 Å². The molecule has 3 aliphatic rings. The second-order valence-corrected chi connectivity index (χ2v) is 21.0. The molecule has 0 aliphatic carbocycles. The maximum atomic E-state index is 12.4. The molecule has 0 aromatic heterocycles. The number of epoxide rings is 1. The van der Waals surface area contributed by atoms with E-state index in [1.807, 2.05) is 33.8 Å². The molecule has 0 radical (unpaired) electrons. The summed E-state index contributed by atoms with van der Waals surface area (Å²) in [5, 5.41) is -0.0605. The Hall–Kier alpha value is -1.79. The van der Waals surface area contributed by atoms with Crippen LogP contribution < -0.4 is 4.74 Å². The van der Waals surface area contributed by atoms with Gasteiger partial charge in [0.05, 0.1) is 44.2 Å². The zero-order chi connectivity index (χ0) is 34.5. The molecule has 10 heteroatoms. The summed E-state index contributed by atoms with van der Waals surface area (Å²) in [6.07, 6.45) is 4.33. The van der Waals surface area contributed by atoms with E-state index in [-0.39, 0.29) is 22.8 Å². The Kier molecular flexibility index (Phi) is 10.4. The Morgan fingerprint density at radius 1 is 1.00 bits per heavy atom. The van der Waals surface area contributed by atoms with Gasteiger partial charge in [0.25, 0.3) is 0 Å². The standard InChI is InChI=1S/C36H58O9Si/c1-32(2,3)46(13,14)45-30(29-28(43-35(8,9)44-29)26-22-40-34(6,7)41-26)36(10,20-18-27-33(4,5)42-27)19-17-23-21-24(31(37)39-12)15-16-25(23)38-11/h15-17,19,21,26-30H,18,20,22H2,1-14H3/b19-17+/t26-,27?,28+,29-,30-,36-/m1/s1. The van der Waals surface area contributed by atoms with Crippen LogP contribution in [0.4, 0.5) is 0 Å². The van der Waals surface area contributed by atoms with Crippen molar-refractivity contribution in [1.82, 2.24) is 0 Å². The van der Waals surface area contributed by atoms with E-state index in [0.29, 0.717) is 17.9 Å². The summed E-state index contributed by atoms with van der Waals surface area (Å²) in [7, 11) is 0.635. The molecule has 3 saturated heterocycles. The molecule has 0 bridgehead atoms. The minimum atomic E-state index is -2.37. The fourth-order valence-electron chi connectivity index (χ4n) is 6.18. The zero-order valence-corrected chi connectivity index (χ0v) is 31.6. The van der Waals surface area contributed by atoms with Crippen molar-refractivity contribution >= 4 is 20.4 Å². The van der Waals surface area contributed by atoms with Gasteiger partial charge in [-0.1, -0.05) is 39.8 Å². The third kappa shape index (κ3) is 8.25. The molecule has 3 fully saturated rings. The molecule has 0 amide bonds. The maximum Gasteiger partial charge on any atom is 0.337 e. The van der Waals surface area contributed by atoms with Crippen molar-refractivity contribution in [3.63, 3.8) is 0 Å². The number of hydrogen-bond donors (Lipinski definition) is 0. The number of benzene rings is 1. The van der Waals surface area contributed by atoms with Crippen LogP contribution in [0.15, 0.2) is 24.3 Å². The third-order valence-corrected chi connectivity index (χ3v) is 14.6. The van der Waals surface area contributed by atoms with Gasteiger partial charge in [0.2, 0.25) is 0 Å². The molecular weight excluding hydrogens is 604 g/mol. The maximum absolute atomic E-state index is 12.4. The van der Waals surface area contributed by atoms with Gasteiger partial charge >= 0.3 is 5.97 Å². The number of rotatable bonds is 12. The Balaban J connectivity index is 1.84. The Labute approximate surface area is 277 Å². The van der Waals surface area contributed by atoms with Crippen LogP contribution in [-0.2, 0) is 32.8 Å². The van der Waals surface area contributed by atoms with E-state index >= 15 is 0 Å². The average Bonchev–Trinajstić information content (AvgIpc) is 3.22. The Morgan fingerprint density at radius 2 is 1.65 bits per heavy atom. The summed E-state index contributed by atoms with van der Waals surface area (Å²) < 4.78 is 50.1. The predicted molar refractivity (Wildman–Crippen MR) is 180 cm³/mol. The lowest BCUT2D eigenvalue weighted by Crippen LogP contribution is -2.56. The van der Waals surface area contributed by atoms with Gasteiger partial charge in [-0.05, 0) is 90.7 Å². The highest BCUT2D eigenvalue weighted by Crippen LogP contribution is 2.49. The van der Waals surface area contributed by atoms with Crippen LogP contribution in [0.1, 0.15) is 98.0 Å². The van der Waals surface area contributed by atoms with Crippen LogP contribution in [0, 0.1) is 5.41 Å². The Morgan fingerprint density at radius 3 is 2.17 bits per heavy atom. The van der Waals surface area contributed by atoms with Crippen LogP contribution in [-0.4, -0.2) is 82.8 Å². The second-order valence-electron chi connectivity index (χ2n) is 16.3. The lowest BCUT2D eigenvalue weighted by Gasteiger charge is -2.47. The first-order valence-electron chi connectivity index (χ1n) is 16.5. The molecule has 3 aliphatic heterocycles. The van der Waals surface area contributed by atoms with Gasteiger partial charge in [-0.3, -0.25) is 0 Å². The van der Waals surface area contributed by atoms with Gasteiger partial charge in [-0.25, -0.2) is 4.79 Å². The molecule has 260 valence electrons. The molecule has 4 rings (SSSR count). The number of carbonyl (C=O) groups is 1. The highest BCUT2D eigenvalue weighted by atomic mass is 28.4. The van der Waals surface area contributed by atoms with Gasteiger partial charge in [-0.15, -0.1) is 0 Å². The van der Waals surface area contributed by atoms with E-state index in [1.54, 1.807) is 25.3 Å². The summed E-state index contributed by atoms with van der Waals surface area (Å²) >= 11 is 0. The van der Waals surface area contributed by atoms with Gasteiger partial charge in [0.15, 0.2) is 19.9 Å². The van der Waals surface area contributed by atoms with E-state index in [9.17, 15) is 4.79 Å². The number of ether oxygens (including phenoxy) is 7. The van der Waals surface area contributed by atoms with Crippen molar-refractivity contribution < 1.29 is 42.4 Å². The largest absolute Gasteiger partial charge is 0.496 e. The first-order valence-corrected chi connectivity index (χ1v) is 19.4. The number of esters is 1. The molecule has 0 spiro atoms. The third-order valence-electron chi connectivity index (χ3n) is 10.1. The van der Waals surface area contributed by atoms with E-state index in [0.717, 1.165) is 18.4 Å². The van der Waals surface area contributed by atoms with Crippen LogP contribution in [0.3, 0.4) is 0 Å². The molecule has 6 atom stereocenters. The van der Waals surface area contributed by atoms with Crippen molar-refractivity contribution in [2.75, 3.05) is 20.8 Å². The number of methoxy groups -OCH3 is 2. The van der Waals surface area contributed by atoms with Crippen molar-refractivity contribution in [2.45, 2.75) is 148 Å². The van der Waals surface area contributed by atoms with Crippen LogP contribution in [0.5, 0.6) is 5.75 Å².